The predicted molar refractivity (Wildman–Crippen MR) is 418 cm³/mol. The number of esters is 4. The van der Waals surface area contributed by atoms with Gasteiger partial charge >= 0.3 is 39.5 Å². The van der Waals surface area contributed by atoms with Gasteiger partial charge in [0, 0.05) is 25.7 Å². The maximum absolute atomic E-state index is 13.1. The van der Waals surface area contributed by atoms with E-state index >= 15 is 0 Å². The first-order chi connectivity index (χ1) is 49.7. The van der Waals surface area contributed by atoms with Crippen molar-refractivity contribution >= 4 is 39.5 Å². The maximum Gasteiger partial charge on any atom is 0.472 e. The van der Waals surface area contributed by atoms with Crippen molar-refractivity contribution in [2.24, 2.45) is 0 Å². The minimum atomic E-state index is -4.98. The second kappa shape index (κ2) is 74.7. The molecular weight excluding hydrogens is 1330 g/mol. The lowest BCUT2D eigenvalue weighted by Crippen LogP contribution is -2.30. The van der Waals surface area contributed by atoms with Gasteiger partial charge in [-0.25, -0.2) is 9.13 Å². The summed E-state index contributed by atoms with van der Waals surface area (Å²) in [6.45, 7) is 4.51. The number of phosphoric acid groups is 2. The number of phosphoric ester groups is 2. The van der Waals surface area contributed by atoms with Gasteiger partial charge in [-0.05, 0) is 128 Å². The van der Waals surface area contributed by atoms with E-state index in [0.717, 1.165) is 205 Å². The van der Waals surface area contributed by atoms with E-state index in [-0.39, 0.29) is 25.7 Å². The fraction of sp³-hybridized carbons (Fsp3) is 0.711. The summed E-state index contributed by atoms with van der Waals surface area (Å²) < 4.78 is 68.6. The van der Waals surface area contributed by atoms with Crippen LogP contribution in [0.5, 0.6) is 0 Å². The maximum atomic E-state index is 13.1. The lowest BCUT2D eigenvalue weighted by molar-refractivity contribution is -0.161. The van der Waals surface area contributed by atoms with Gasteiger partial charge in [0.25, 0.3) is 0 Å². The zero-order chi connectivity index (χ0) is 74.6. The van der Waals surface area contributed by atoms with E-state index in [9.17, 15) is 43.2 Å². The Morgan fingerprint density at radius 1 is 0.284 bits per heavy atom. The molecule has 586 valence electrons. The van der Waals surface area contributed by atoms with Crippen molar-refractivity contribution in [1.29, 1.82) is 0 Å². The number of aliphatic hydroxyl groups excluding tert-OH is 1. The Bertz CT molecular complexity index is 2410. The molecular formula is C83H142O17P2. The van der Waals surface area contributed by atoms with E-state index in [1.54, 1.807) is 0 Å². The van der Waals surface area contributed by atoms with E-state index in [1.165, 1.54) is 38.5 Å². The van der Waals surface area contributed by atoms with E-state index in [0.29, 0.717) is 25.7 Å². The van der Waals surface area contributed by atoms with Crippen molar-refractivity contribution in [2.45, 2.75) is 341 Å². The van der Waals surface area contributed by atoms with Gasteiger partial charge in [0.05, 0.1) is 26.4 Å². The van der Waals surface area contributed by atoms with Crippen LogP contribution < -0.4 is 0 Å². The lowest BCUT2D eigenvalue weighted by Gasteiger charge is -2.21. The van der Waals surface area contributed by atoms with Crippen molar-refractivity contribution in [1.82, 2.24) is 0 Å². The molecule has 0 saturated heterocycles. The Kier molecular flexibility index (Phi) is 71.4. The highest BCUT2D eigenvalue weighted by molar-refractivity contribution is 7.47. The molecule has 0 aliphatic rings. The summed E-state index contributed by atoms with van der Waals surface area (Å²) in [6.07, 6.45) is 81.7. The van der Waals surface area contributed by atoms with Crippen LogP contribution in [0.3, 0.4) is 0 Å². The van der Waals surface area contributed by atoms with Crippen LogP contribution in [0.1, 0.15) is 323 Å². The van der Waals surface area contributed by atoms with Gasteiger partial charge in [0.1, 0.15) is 19.3 Å². The SMILES string of the molecule is CC/C=C\C/C=C\C/C=C\C/C=C\CCCCCCC(=O)OCC(COP(=O)(O)OCC(O)COP(=O)(O)OCC(COC(=O)CCCCCCCCC/C=C\C/C=C\C/C=C\CC)OC(=O)CCCCCCCCC/C=C\C/C=C\C/C=C\CC)OC(=O)CCCCCCCCCCCCC. The first kappa shape index (κ1) is 97.5. The Morgan fingerprint density at radius 2 is 0.510 bits per heavy atom. The van der Waals surface area contributed by atoms with Crippen LogP contribution in [0.25, 0.3) is 0 Å². The van der Waals surface area contributed by atoms with Crippen LogP contribution in [0.2, 0.25) is 0 Å². The number of carbonyl (C=O) groups is 4. The summed E-state index contributed by atoms with van der Waals surface area (Å²) in [6, 6.07) is 0. The zero-order valence-corrected chi connectivity index (χ0v) is 65.8. The van der Waals surface area contributed by atoms with E-state index in [4.69, 9.17) is 37.0 Å². The van der Waals surface area contributed by atoms with Gasteiger partial charge in [-0.15, -0.1) is 0 Å². The van der Waals surface area contributed by atoms with Gasteiger partial charge in [-0.1, -0.05) is 290 Å². The van der Waals surface area contributed by atoms with Gasteiger partial charge in [0.15, 0.2) is 12.2 Å². The molecule has 0 saturated carbocycles. The highest BCUT2D eigenvalue weighted by Gasteiger charge is 2.30. The molecule has 5 unspecified atom stereocenters. The summed E-state index contributed by atoms with van der Waals surface area (Å²) >= 11 is 0. The number of carbonyl (C=O) groups excluding carboxylic acids is 4. The molecule has 19 heteroatoms. The number of hydrogen-bond donors (Lipinski definition) is 3. The molecule has 5 atom stereocenters. The quantitative estimate of drug-likeness (QED) is 0.0169. The molecule has 0 fully saturated rings. The Hall–Kier alpha value is -4.54. The monoisotopic (exact) mass is 1470 g/mol. The first-order valence-electron chi connectivity index (χ1n) is 39.8. The van der Waals surface area contributed by atoms with Gasteiger partial charge in [0.2, 0.25) is 0 Å². The molecule has 0 bridgehead atoms. The third-order valence-electron chi connectivity index (χ3n) is 16.4. The molecule has 0 radical (unpaired) electrons. The molecule has 102 heavy (non-hydrogen) atoms. The Labute approximate surface area is 619 Å². The highest BCUT2D eigenvalue weighted by Crippen LogP contribution is 2.45. The van der Waals surface area contributed by atoms with Crippen molar-refractivity contribution in [2.75, 3.05) is 39.6 Å². The fourth-order valence-electron chi connectivity index (χ4n) is 10.5. The summed E-state index contributed by atoms with van der Waals surface area (Å²) in [7, 11) is -9.96. The molecule has 0 aromatic heterocycles. The largest absolute Gasteiger partial charge is 0.472 e. The minimum Gasteiger partial charge on any atom is -0.462 e. The van der Waals surface area contributed by atoms with E-state index in [1.807, 2.05) is 0 Å². The van der Waals surface area contributed by atoms with Gasteiger partial charge in [-0.3, -0.25) is 37.3 Å². The van der Waals surface area contributed by atoms with Crippen LogP contribution >= 0.6 is 15.6 Å². The summed E-state index contributed by atoms with van der Waals surface area (Å²) in [5, 5.41) is 10.6. The molecule has 0 spiro atoms. The first-order valence-corrected chi connectivity index (χ1v) is 42.8. The second-order valence-corrected chi connectivity index (χ2v) is 29.1. The summed E-state index contributed by atoms with van der Waals surface area (Å²) in [5.74, 6) is -2.21. The van der Waals surface area contributed by atoms with Crippen LogP contribution in [-0.2, 0) is 65.4 Å². The minimum absolute atomic E-state index is 0.0796. The predicted octanol–water partition coefficient (Wildman–Crippen LogP) is 23.1. The van der Waals surface area contributed by atoms with Crippen molar-refractivity contribution < 1.29 is 80.2 Å². The molecule has 0 rings (SSSR count). The van der Waals surface area contributed by atoms with Crippen molar-refractivity contribution in [3.63, 3.8) is 0 Å². The second-order valence-electron chi connectivity index (χ2n) is 26.2. The topological polar surface area (TPSA) is 237 Å². The number of hydrogen-bond acceptors (Lipinski definition) is 15. The van der Waals surface area contributed by atoms with Crippen molar-refractivity contribution in [3.05, 3.63) is 122 Å². The number of aliphatic hydroxyl groups is 1. The average molecular weight is 1470 g/mol. The summed E-state index contributed by atoms with van der Waals surface area (Å²) in [5.41, 5.74) is 0. The average Bonchev–Trinajstić information content (AvgIpc) is 0.923. The zero-order valence-electron chi connectivity index (χ0n) is 64.0. The third-order valence-corrected chi connectivity index (χ3v) is 18.3. The third kappa shape index (κ3) is 73.8. The lowest BCUT2D eigenvalue weighted by atomic mass is 10.1. The molecule has 0 aliphatic carbocycles. The molecule has 0 heterocycles. The van der Waals surface area contributed by atoms with Gasteiger partial charge in [-0.2, -0.15) is 0 Å². The smallest absolute Gasteiger partial charge is 0.462 e. The number of allylic oxidation sites excluding steroid dienone is 20. The van der Waals surface area contributed by atoms with Crippen LogP contribution in [0.4, 0.5) is 0 Å². The van der Waals surface area contributed by atoms with Gasteiger partial charge < -0.3 is 33.8 Å². The van der Waals surface area contributed by atoms with Crippen LogP contribution in [0.15, 0.2) is 122 Å². The molecule has 17 nitrogen and oxygen atoms in total. The number of ether oxygens (including phenoxy) is 4. The Morgan fingerprint density at radius 3 is 0.784 bits per heavy atom. The Balaban J connectivity index is 5.36. The highest BCUT2D eigenvalue weighted by atomic mass is 31.2. The van der Waals surface area contributed by atoms with Crippen LogP contribution in [-0.4, -0.2) is 96.7 Å². The fourth-order valence-corrected chi connectivity index (χ4v) is 12.1. The molecule has 0 aromatic carbocycles. The molecule has 0 aliphatic heterocycles. The summed E-state index contributed by atoms with van der Waals surface area (Å²) in [4.78, 5) is 73.0. The van der Waals surface area contributed by atoms with Crippen LogP contribution in [0, 0.1) is 0 Å². The normalized spacial score (nSPS) is 14.5. The number of rotatable bonds is 74. The van der Waals surface area contributed by atoms with E-state index < -0.39 is 97.5 Å². The molecule has 3 N–H and O–H groups in total. The van der Waals surface area contributed by atoms with E-state index in [2.05, 4.69) is 149 Å². The number of unbranched alkanes of at least 4 members (excludes halogenated alkanes) is 28. The standard InChI is InChI=1S/C83H142O17P2/c1-5-9-13-17-21-25-29-32-35-38-41-44-48-51-55-59-63-67-80(85)93-73-78(99-82(87)69-65-61-57-53-47-28-24-20-16-12-8-4)75-97-101(89,90)95-71-77(84)72-96-102(91,92)98-76-79(100-83(88)70-66-62-58-54-50-46-43-40-37-34-31-27-23-19-15-11-7-3)74-94-81(86)68-64-60-56-52-49-45-42-39-36-33-30-26-22-18-14-10-6-2/h9-11,13-15,21-23,25-27,32-37,41,44,77-79,84H,5-8,12,16-20,24,28-31,38-40,42-43,45-76H2,1-4H3,(H,89,90)(H,91,92)/b13-9-,14-10-,15-11-,25-21-,26-22-,27-23-,35-32-,36-33-,37-34-,44-41-. The van der Waals surface area contributed by atoms with Crippen molar-refractivity contribution in [3.8, 4) is 0 Å². The molecule has 0 amide bonds. The molecule has 0 aromatic rings.